The summed E-state index contributed by atoms with van der Waals surface area (Å²) in [6.07, 6.45) is 8.15. The van der Waals surface area contributed by atoms with Crippen LogP contribution in [0.3, 0.4) is 0 Å². The van der Waals surface area contributed by atoms with E-state index in [9.17, 15) is 0 Å². The molecule has 4 rings (SSSR count). The molecule has 1 aliphatic rings. The van der Waals surface area contributed by atoms with Crippen molar-refractivity contribution in [2.75, 3.05) is 18.4 Å². The second kappa shape index (κ2) is 7.84. The Kier molecular flexibility index (Phi) is 5.11. The summed E-state index contributed by atoms with van der Waals surface area (Å²) in [5, 5.41) is 7.57. The minimum atomic E-state index is 0.418. The molecule has 27 heavy (non-hydrogen) atoms. The van der Waals surface area contributed by atoms with Gasteiger partial charge in [0.2, 0.25) is 0 Å². The molecule has 0 amide bonds. The van der Waals surface area contributed by atoms with Crippen molar-refractivity contribution >= 4 is 11.6 Å². The Hall–Kier alpha value is -2.80. The zero-order chi connectivity index (χ0) is 18.6. The molecular formula is C20H25N7. The number of anilines is 2. The van der Waals surface area contributed by atoms with E-state index in [4.69, 9.17) is 4.98 Å². The van der Waals surface area contributed by atoms with Crippen molar-refractivity contribution < 1.29 is 0 Å². The van der Waals surface area contributed by atoms with Crippen LogP contribution in [0.1, 0.15) is 35.8 Å². The molecule has 7 heteroatoms. The number of hydrogen-bond acceptors (Lipinski definition) is 6. The summed E-state index contributed by atoms with van der Waals surface area (Å²) in [7, 11) is 1.96. The van der Waals surface area contributed by atoms with E-state index in [-0.39, 0.29) is 0 Å². The highest BCUT2D eigenvalue weighted by Crippen LogP contribution is 2.28. The van der Waals surface area contributed by atoms with Gasteiger partial charge in [0.25, 0.3) is 0 Å². The van der Waals surface area contributed by atoms with Gasteiger partial charge in [-0.05, 0) is 38.4 Å². The lowest BCUT2D eigenvalue weighted by Gasteiger charge is -2.32. The fourth-order valence-corrected chi connectivity index (χ4v) is 3.68. The zero-order valence-corrected chi connectivity index (χ0v) is 15.8. The van der Waals surface area contributed by atoms with Crippen molar-refractivity contribution in [1.29, 1.82) is 0 Å². The molecule has 0 saturated carbocycles. The average molecular weight is 363 g/mol. The number of hydrogen-bond donors (Lipinski definition) is 1. The van der Waals surface area contributed by atoms with Gasteiger partial charge in [0, 0.05) is 50.1 Å². The lowest BCUT2D eigenvalue weighted by molar-refractivity contribution is 0.198. The molecule has 1 N–H and O–H groups in total. The van der Waals surface area contributed by atoms with Gasteiger partial charge in [0.05, 0.1) is 11.9 Å². The molecule has 0 bridgehead atoms. The largest absolute Gasteiger partial charge is 0.325 e. The first-order valence-corrected chi connectivity index (χ1v) is 9.39. The highest BCUT2D eigenvalue weighted by atomic mass is 15.2. The summed E-state index contributed by atoms with van der Waals surface area (Å²) < 4.78 is 1.86. The Labute approximate surface area is 159 Å². The third-order valence-electron chi connectivity index (χ3n) is 4.87. The number of likely N-dealkylation sites (tertiary alicyclic amines) is 1. The smallest absolute Gasteiger partial charge is 0.135 e. The summed E-state index contributed by atoms with van der Waals surface area (Å²) in [6.45, 7) is 5.01. The lowest BCUT2D eigenvalue weighted by atomic mass is 9.94. The van der Waals surface area contributed by atoms with Gasteiger partial charge in [-0.1, -0.05) is 6.07 Å². The van der Waals surface area contributed by atoms with Crippen LogP contribution in [-0.2, 0) is 13.6 Å². The van der Waals surface area contributed by atoms with Crippen molar-refractivity contribution in [3.8, 4) is 0 Å². The molecular weight excluding hydrogens is 338 g/mol. The topological polar surface area (TPSA) is 71.8 Å². The summed E-state index contributed by atoms with van der Waals surface area (Å²) in [4.78, 5) is 16.1. The summed E-state index contributed by atoms with van der Waals surface area (Å²) in [5.41, 5.74) is 2.37. The van der Waals surface area contributed by atoms with Gasteiger partial charge < -0.3 is 5.32 Å². The van der Waals surface area contributed by atoms with Gasteiger partial charge in [-0.2, -0.15) is 5.10 Å². The van der Waals surface area contributed by atoms with E-state index in [1.807, 2.05) is 43.0 Å². The van der Waals surface area contributed by atoms with E-state index in [2.05, 4.69) is 37.5 Å². The van der Waals surface area contributed by atoms with Crippen LogP contribution >= 0.6 is 0 Å². The van der Waals surface area contributed by atoms with Gasteiger partial charge in [-0.15, -0.1) is 0 Å². The number of nitrogens with one attached hydrogen (secondary N) is 1. The molecule has 0 aromatic carbocycles. The van der Waals surface area contributed by atoms with Gasteiger partial charge in [0.1, 0.15) is 17.5 Å². The first kappa shape index (κ1) is 17.6. The molecule has 0 aliphatic carbocycles. The summed E-state index contributed by atoms with van der Waals surface area (Å²) >= 11 is 0. The van der Waals surface area contributed by atoms with E-state index in [1.54, 1.807) is 6.20 Å². The molecule has 7 nitrogen and oxygen atoms in total. The molecule has 4 heterocycles. The number of piperidine rings is 1. The van der Waals surface area contributed by atoms with Crippen LogP contribution < -0.4 is 5.32 Å². The van der Waals surface area contributed by atoms with Crippen LogP contribution in [0.2, 0.25) is 0 Å². The quantitative estimate of drug-likeness (QED) is 0.751. The third kappa shape index (κ3) is 4.49. The highest BCUT2D eigenvalue weighted by molar-refractivity contribution is 5.51. The van der Waals surface area contributed by atoms with Crippen molar-refractivity contribution in [2.24, 2.45) is 7.05 Å². The standard InChI is InChI=1S/C20H25N7/c1-15-23-18(10-20(24-15)25-19-7-3-4-8-21-19)17-6-5-9-27(14-17)13-16-11-22-26(2)12-16/h3-4,7-8,10-12,17H,5-6,9,13-14H2,1-2H3,(H,21,23,24,25). The molecule has 1 saturated heterocycles. The minimum absolute atomic E-state index is 0.418. The Morgan fingerprint density at radius 2 is 2.15 bits per heavy atom. The molecule has 3 aromatic heterocycles. The van der Waals surface area contributed by atoms with E-state index in [1.165, 1.54) is 12.0 Å². The summed E-state index contributed by atoms with van der Waals surface area (Å²) in [5.74, 6) is 2.81. The molecule has 1 fully saturated rings. The minimum Gasteiger partial charge on any atom is -0.325 e. The molecule has 3 aromatic rings. The number of rotatable bonds is 5. The normalized spacial score (nSPS) is 17.8. The maximum absolute atomic E-state index is 4.73. The Morgan fingerprint density at radius 3 is 2.93 bits per heavy atom. The number of pyridine rings is 1. The fourth-order valence-electron chi connectivity index (χ4n) is 3.68. The highest BCUT2D eigenvalue weighted by Gasteiger charge is 2.23. The van der Waals surface area contributed by atoms with Crippen LogP contribution in [-0.4, -0.2) is 42.7 Å². The van der Waals surface area contributed by atoms with Crippen molar-refractivity contribution in [1.82, 2.24) is 29.6 Å². The van der Waals surface area contributed by atoms with Crippen molar-refractivity contribution in [3.63, 3.8) is 0 Å². The predicted molar refractivity (Wildman–Crippen MR) is 105 cm³/mol. The number of aryl methyl sites for hydroxylation is 2. The lowest BCUT2D eigenvalue weighted by Crippen LogP contribution is -2.34. The maximum Gasteiger partial charge on any atom is 0.135 e. The van der Waals surface area contributed by atoms with Gasteiger partial charge in [-0.3, -0.25) is 9.58 Å². The van der Waals surface area contributed by atoms with Crippen LogP contribution in [0.5, 0.6) is 0 Å². The van der Waals surface area contributed by atoms with E-state index >= 15 is 0 Å². The second-order valence-corrected chi connectivity index (χ2v) is 7.16. The predicted octanol–water partition coefficient (Wildman–Crippen LogP) is 3.04. The third-order valence-corrected chi connectivity index (χ3v) is 4.87. The van der Waals surface area contributed by atoms with Crippen LogP contribution in [0.25, 0.3) is 0 Å². The van der Waals surface area contributed by atoms with Gasteiger partial charge in [-0.25, -0.2) is 15.0 Å². The second-order valence-electron chi connectivity index (χ2n) is 7.16. The molecule has 0 radical (unpaired) electrons. The molecule has 1 unspecified atom stereocenters. The Bertz CT molecular complexity index is 890. The van der Waals surface area contributed by atoms with Crippen LogP contribution in [0.15, 0.2) is 42.9 Å². The van der Waals surface area contributed by atoms with Gasteiger partial charge >= 0.3 is 0 Å². The summed E-state index contributed by atoms with van der Waals surface area (Å²) in [6, 6.07) is 7.87. The van der Waals surface area contributed by atoms with Crippen LogP contribution in [0.4, 0.5) is 11.6 Å². The fraction of sp³-hybridized carbons (Fsp3) is 0.400. The Morgan fingerprint density at radius 1 is 1.22 bits per heavy atom. The molecule has 0 spiro atoms. The molecule has 1 aliphatic heterocycles. The Balaban J connectivity index is 1.48. The first-order chi connectivity index (χ1) is 13.2. The van der Waals surface area contributed by atoms with E-state index < -0.39 is 0 Å². The maximum atomic E-state index is 4.73. The van der Waals surface area contributed by atoms with Crippen molar-refractivity contribution in [2.45, 2.75) is 32.2 Å². The first-order valence-electron chi connectivity index (χ1n) is 9.39. The molecule has 1 atom stereocenters. The average Bonchev–Trinajstić information content (AvgIpc) is 3.07. The SMILES string of the molecule is Cc1nc(Nc2ccccn2)cc(C2CCCN(Cc3cnn(C)c3)C2)n1. The zero-order valence-electron chi connectivity index (χ0n) is 15.8. The van der Waals surface area contributed by atoms with E-state index in [0.29, 0.717) is 5.92 Å². The number of nitrogens with zero attached hydrogens (tertiary/aromatic N) is 6. The monoisotopic (exact) mass is 363 g/mol. The van der Waals surface area contributed by atoms with E-state index in [0.717, 1.165) is 49.2 Å². The van der Waals surface area contributed by atoms with Gasteiger partial charge in [0.15, 0.2) is 0 Å². The van der Waals surface area contributed by atoms with Crippen molar-refractivity contribution in [3.05, 3.63) is 59.9 Å². The van der Waals surface area contributed by atoms with Crippen LogP contribution in [0, 0.1) is 6.92 Å². The molecule has 140 valence electrons. The number of aromatic nitrogens is 5.